The second-order valence-electron chi connectivity index (χ2n) is 5.87. The van der Waals surface area contributed by atoms with Gasteiger partial charge in [0.15, 0.2) is 0 Å². The van der Waals surface area contributed by atoms with E-state index in [1.807, 2.05) is 13.8 Å². The zero-order valence-electron chi connectivity index (χ0n) is 10.3. The first-order chi connectivity index (χ1) is 7.46. The van der Waals surface area contributed by atoms with E-state index in [0.29, 0.717) is 18.5 Å². The molecule has 2 heterocycles. The lowest BCUT2D eigenvalue weighted by Gasteiger charge is -2.23. The van der Waals surface area contributed by atoms with Gasteiger partial charge in [-0.2, -0.15) is 0 Å². The molecule has 0 spiro atoms. The van der Waals surface area contributed by atoms with E-state index >= 15 is 0 Å². The van der Waals surface area contributed by atoms with Crippen LogP contribution < -0.4 is 11.1 Å². The fourth-order valence-electron chi connectivity index (χ4n) is 2.92. The van der Waals surface area contributed by atoms with Gasteiger partial charge in [0.1, 0.15) is 0 Å². The zero-order chi connectivity index (χ0) is 11.8. The Hall–Kier alpha value is -0.610. The maximum atomic E-state index is 11.8. The maximum absolute atomic E-state index is 11.8. The molecule has 4 heteroatoms. The number of fused-ring (bicyclic) bond motifs is 1. The fourth-order valence-corrected chi connectivity index (χ4v) is 2.92. The molecular weight excluding hydrogens is 202 g/mol. The summed E-state index contributed by atoms with van der Waals surface area (Å²) in [6.07, 6.45) is 4.02. The molecule has 2 atom stereocenters. The van der Waals surface area contributed by atoms with Crippen molar-refractivity contribution >= 4 is 5.91 Å². The van der Waals surface area contributed by atoms with E-state index in [2.05, 4.69) is 10.2 Å². The van der Waals surface area contributed by atoms with Gasteiger partial charge in [-0.1, -0.05) is 0 Å². The van der Waals surface area contributed by atoms with Crippen LogP contribution in [-0.2, 0) is 4.79 Å². The first-order valence-electron chi connectivity index (χ1n) is 6.28. The molecule has 2 fully saturated rings. The predicted octanol–water partition coefficient (Wildman–Crippen LogP) is 0.467. The maximum Gasteiger partial charge on any atom is 0.222 e. The highest BCUT2D eigenvalue weighted by Crippen LogP contribution is 2.27. The first-order valence-corrected chi connectivity index (χ1v) is 6.28. The first kappa shape index (κ1) is 11.9. The molecule has 4 nitrogen and oxygen atoms in total. The van der Waals surface area contributed by atoms with Crippen LogP contribution in [0.25, 0.3) is 0 Å². The normalized spacial score (nSPS) is 30.4. The Kier molecular flexibility index (Phi) is 3.22. The molecule has 16 heavy (non-hydrogen) atoms. The molecule has 0 aromatic heterocycles. The molecule has 0 saturated carbocycles. The number of nitrogens with one attached hydrogen (secondary N) is 1. The highest BCUT2D eigenvalue weighted by molar-refractivity contribution is 5.77. The smallest absolute Gasteiger partial charge is 0.222 e. The number of carbonyl (C=O) groups is 1. The molecule has 3 N–H and O–H groups in total. The monoisotopic (exact) mass is 225 g/mol. The van der Waals surface area contributed by atoms with Crippen molar-refractivity contribution in [1.82, 2.24) is 10.2 Å². The van der Waals surface area contributed by atoms with Crippen LogP contribution in [0.2, 0.25) is 0 Å². The predicted molar refractivity (Wildman–Crippen MR) is 64.0 cm³/mol. The molecule has 2 saturated heterocycles. The van der Waals surface area contributed by atoms with E-state index in [1.54, 1.807) is 0 Å². The Morgan fingerprint density at radius 2 is 2.19 bits per heavy atom. The highest BCUT2D eigenvalue weighted by atomic mass is 16.1. The summed E-state index contributed by atoms with van der Waals surface area (Å²) in [5, 5.41) is 3.15. The number of hydrogen-bond donors (Lipinski definition) is 2. The number of nitrogens with zero attached hydrogens (tertiary/aromatic N) is 1. The minimum absolute atomic E-state index is 0.103. The van der Waals surface area contributed by atoms with Gasteiger partial charge in [-0.3, -0.25) is 9.69 Å². The fraction of sp³-hybridized carbons (Fsp3) is 0.917. The second kappa shape index (κ2) is 4.34. The van der Waals surface area contributed by atoms with Crippen LogP contribution in [0.3, 0.4) is 0 Å². The molecule has 2 rings (SSSR count). The molecule has 2 unspecified atom stereocenters. The van der Waals surface area contributed by atoms with E-state index in [0.717, 1.165) is 13.0 Å². The Labute approximate surface area is 97.6 Å². The third-order valence-electron chi connectivity index (χ3n) is 3.57. The number of amides is 1. The summed E-state index contributed by atoms with van der Waals surface area (Å²) in [6.45, 7) is 6.13. The highest BCUT2D eigenvalue weighted by Gasteiger charge is 2.37. The minimum atomic E-state index is -0.405. The molecular formula is C12H23N3O. The van der Waals surface area contributed by atoms with E-state index in [-0.39, 0.29) is 5.91 Å². The molecule has 0 aromatic carbocycles. The van der Waals surface area contributed by atoms with Crippen LogP contribution in [0.4, 0.5) is 0 Å². The van der Waals surface area contributed by atoms with E-state index in [9.17, 15) is 4.79 Å². The van der Waals surface area contributed by atoms with Gasteiger partial charge in [-0.15, -0.1) is 0 Å². The lowest BCUT2D eigenvalue weighted by molar-refractivity contribution is -0.122. The van der Waals surface area contributed by atoms with Gasteiger partial charge >= 0.3 is 0 Å². The number of nitrogens with two attached hydrogens (primary N) is 1. The van der Waals surface area contributed by atoms with Crippen LogP contribution in [0.15, 0.2) is 0 Å². The number of hydrogen-bond acceptors (Lipinski definition) is 3. The van der Waals surface area contributed by atoms with Crippen molar-refractivity contribution in [3.05, 3.63) is 0 Å². The topological polar surface area (TPSA) is 58.4 Å². The van der Waals surface area contributed by atoms with Crippen LogP contribution in [-0.4, -0.2) is 41.5 Å². The summed E-state index contributed by atoms with van der Waals surface area (Å²) in [6, 6.07) is 0.946. The van der Waals surface area contributed by atoms with Gasteiger partial charge in [0.05, 0.1) is 0 Å². The second-order valence-corrected chi connectivity index (χ2v) is 5.87. The molecule has 0 aliphatic carbocycles. The molecule has 2 aliphatic heterocycles. The van der Waals surface area contributed by atoms with Crippen molar-refractivity contribution in [2.45, 2.75) is 57.2 Å². The largest absolute Gasteiger partial charge is 0.352 e. The SMILES string of the molecule is CC(C)(N)CC(=O)NC1CCN2CCCC12. The average Bonchev–Trinajstić information content (AvgIpc) is 2.66. The molecule has 1 amide bonds. The van der Waals surface area contributed by atoms with Gasteiger partial charge in [-0.25, -0.2) is 0 Å². The van der Waals surface area contributed by atoms with Crippen LogP contribution in [0.5, 0.6) is 0 Å². The Bertz CT molecular complexity index is 272. The van der Waals surface area contributed by atoms with Crippen molar-refractivity contribution in [2.75, 3.05) is 13.1 Å². The van der Waals surface area contributed by atoms with Crippen LogP contribution in [0.1, 0.15) is 39.5 Å². The summed E-state index contributed by atoms with van der Waals surface area (Å²) >= 11 is 0. The lowest BCUT2D eigenvalue weighted by atomic mass is 10.0. The van der Waals surface area contributed by atoms with Gasteiger partial charge in [-0.05, 0) is 39.7 Å². The summed E-state index contributed by atoms with van der Waals surface area (Å²) in [5.74, 6) is 0.103. The van der Waals surface area contributed by atoms with Gasteiger partial charge < -0.3 is 11.1 Å². The number of rotatable bonds is 3. The lowest BCUT2D eigenvalue weighted by Crippen LogP contribution is -2.46. The Morgan fingerprint density at radius 3 is 2.88 bits per heavy atom. The van der Waals surface area contributed by atoms with Gasteiger partial charge in [0.25, 0.3) is 0 Å². The van der Waals surface area contributed by atoms with Crippen LogP contribution >= 0.6 is 0 Å². The van der Waals surface area contributed by atoms with Crippen molar-refractivity contribution in [3.63, 3.8) is 0 Å². The minimum Gasteiger partial charge on any atom is -0.352 e. The molecule has 0 aromatic rings. The van der Waals surface area contributed by atoms with E-state index < -0.39 is 5.54 Å². The van der Waals surface area contributed by atoms with Crippen molar-refractivity contribution in [2.24, 2.45) is 5.73 Å². The van der Waals surface area contributed by atoms with Crippen molar-refractivity contribution in [1.29, 1.82) is 0 Å². The zero-order valence-corrected chi connectivity index (χ0v) is 10.3. The third-order valence-corrected chi connectivity index (χ3v) is 3.57. The Balaban J connectivity index is 1.83. The molecule has 2 aliphatic rings. The standard InChI is InChI=1S/C12H23N3O/c1-12(2,13)8-11(16)14-9-5-7-15-6-3-4-10(9)15/h9-10H,3-8,13H2,1-2H3,(H,14,16). The van der Waals surface area contributed by atoms with E-state index in [4.69, 9.17) is 5.73 Å². The van der Waals surface area contributed by atoms with Crippen LogP contribution in [0, 0.1) is 0 Å². The summed E-state index contributed by atoms with van der Waals surface area (Å²) in [4.78, 5) is 14.3. The number of carbonyl (C=O) groups excluding carboxylic acids is 1. The summed E-state index contributed by atoms with van der Waals surface area (Å²) < 4.78 is 0. The summed E-state index contributed by atoms with van der Waals surface area (Å²) in [7, 11) is 0. The molecule has 92 valence electrons. The van der Waals surface area contributed by atoms with Gasteiger partial charge in [0.2, 0.25) is 5.91 Å². The quantitative estimate of drug-likeness (QED) is 0.734. The Morgan fingerprint density at radius 1 is 1.44 bits per heavy atom. The molecule has 0 bridgehead atoms. The van der Waals surface area contributed by atoms with E-state index in [1.165, 1.54) is 19.4 Å². The van der Waals surface area contributed by atoms with Crippen molar-refractivity contribution in [3.8, 4) is 0 Å². The average molecular weight is 225 g/mol. The summed E-state index contributed by atoms with van der Waals surface area (Å²) in [5.41, 5.74) is 5.44. The third kappa shape index (κ3) is 2.74. The van der Waals surface area contributed by atoms with Gasteiger partial charge in [0, 0.05) is 30.6 Å². The van der Waals surface area contributed by atoms with Crippen molar-refractivity contribution < 1.29 is 4.79 Å². The molecule has 0 radical (unpaired) electrons.